The van der Waals surface area contributed by atoms with Gasteiger partial charge in [-0.3, -0.25) is 9.59 Å². The first-order chi connectivity index (χ1) is 11.0. The Labute approximate surface area is 139 Å². The number of thiazole rings is 1. The highest BCUT2D eigenvalue weighted by atomic mass is 32.1. The Morgan fingerprint density at radius 3 is 2.65 bits per heavy atom. The summed E-state index contributed by atoms with van der Waals surface area (Å²) in [6, 6.07) is 9.34. The van der Waals surface area contributed by atoms with Crippen molar-refractivity contribution in [3.05, 3.63) is 52.0 Å². The van der Waals surface area contributed by atoms with Crippen LogP contribution in [0.4, 0.5) is 0 Å². The van der Waals surface area contributed by atoms with Crippen LogP contribution in [-0.2, 0) is 22.6 Å². The number of aryl methyl sites for hydroxylation is 1. The van der Waals surface area contributed by atoms with Crippen molar-refractivity contribution in [2.45, 2.75) is 25.9 Å². The number of amides is 2. The molecule has 2 amide bonds. The molecule has 0 spiro atoms. The smallest absolute Gasteiger partial charge is 0.245 e. The van der Waals surface area contributed by atoms with E-state index in [9.17, 15) is 9.59 Å². The summed E-state index contributed by atoms with van der Waals surface area (Å²) in [6.45, 7) is 2.46. The van der Waals surface area contributed by atoms with Crippen LogP contribution in [0.2, 0.25) is 0 Å². The summed E-state index contributed by atoms with van der Waals surface area (Å²) in [6.07, 6.45) is 0.527. The molecule has 23 heavy (non-hydrogen) atoms. The van der Waals surface area contributed by atoms with E-state index in [4.69, 9.17) is 0 Å². The molecule has 6 heteroatoms. The number of benzene rings is 1. The Bertz CT molecular complexity index is 714. The van der Waals surface area contributed by atoms with Gasteiger partial charge in [-0.2, -0.15) is 0 Å². The third-order valence-corrected chi connectivity index (χ3v) is 4.82. The van der Waals surface area contributed by atoms with Crippen molar-refractivity contribution in [3.8, 4) is 0 Å². The number of nitrogens with zero attached hydrogens (tertiary/aromatic N) is 3. The van der Waals surface area contributed by atoms with Gasteiger partial charge >= 0.3 is 0 Å². The van der Waals surface area contributed by atoms with E-state index in [1.54, 1.807) is 23.3 Å². The lowest BCUT2D eigenvalue weighted by Gasteiger charge is -2.38. The standard InChI is InChI=1S/C17H19N3O2S/c1-12-18-14(11-23-12)9-20-15(8-13-6-4-3-5-7-13)17(22)19(2)10-16(20)21/h3-7,11,15H,8-10H2,1-2H3/t15-/m1/s1. The number of carbonyl (C=O) groups is 2. The molecule has 0 unspecified atom stereocenters. The third kappa shape index (κ3) is 3.42. The maximum absolute atomic E-state index is 12.6. The van der Waals surface area contributed by atoms with Gasteiger partial charge in [0.05, 0.1) is 23.8 Å². The number of carbonyl (C=O) groups excluding carboxylic acids is 2. The fraction of sp³-hybridized carbons (Fsp3) is 0.353. The quantitative estimate of drug-likeness (QED) is 0.860. The predicted molar refractivity (Wildman–Crippen MR) is 89.0 cm³/mol. The van der Waals surface area contributed by atoms with Crippen LogP contribution >= 0.6 is 11.3 Å². The molecule has 1 atom stereocenters. The van der Waals surface area contributed by atoms with Gasteiger partial charge < -0.3 is 9.80 Å². The van der Waals surface area contributed by atoms with Crippen LogP contribution in [-0.4, -0.2) is 46.2 Å². The highest BCUT2D eigenvalue weighted by Crippen LogP contribution is 2.20. The Morgan fingerprint density at radius 1 is 1.26 bits per heavy atom. The molecule has 1 aliphatic heterocycles. The van der Waals surface area contributed by atoms with Crippen LogP contribution in [0, 0.1) is 6.92 Å². The number of piperazine rings is 1. The Hall–Kier alpha value is -2.21. The van der Waals surface area contributed by atoms with Gasteiger partial charge in [0.1, 0.15) is 6.04 Å². The Balaban J connectivity index is 1.85. The van der Waals surface area contributed by atoms with Crippen molar-refractivity contribution in [2.75, 3.05) is 13.6 Å². The minimum atomic E-state index is -0.467. The first kappa shape index (κ1) is 15.7. The highest BCUT2D eigenvalue weighted by Gasteiger charge is 2.37. The van der Waals surface area contributed by atoms with Gasteiger partial charge in [-0.25, -0.2) is 4.98 Å². The fourth-order valence-electron chi connectivity index (χ4n) is 2.82. The van der Waals surface area contributed by atoms with Crippen LogP contribution in [0.25, 0.3) is 0 Å². The minimum Gasteiger partial charge on any atom is -0.335 e. The van der Waals surface area contributed by atoms with Crippen LogP contribution in [0.1, 0.15) is 16.3 Å². The summed E-state index contributed by atoms with van der Waals surface area (Å²) in [5.41, 5.74) is 1.89. The summed E-state index contributed by atoms with van der Waals surface area (Å²) in [7, 11) is 1.68. The van der Waals surface area contributed by atoms with Crippen molar-refractivity contribution in [2.24, 2.45) is 0 Å². The van der Waals surface area contributed by atoms with Crippen molar-refractivity contribution in [1.29, 1.82) is 0 Å². The average Bonchev–Trinajstić information content (AvgIpc) is 2.95. The lowest BCUT2D eigenvalue weighted by Crippen LogP contribution is -2.59. The first-order valence-corrected chi connectivity index (χ1v) is 8.42. The third-order valence-electron chi connectivity index (χ3n) is 4.00. The van der Waals surface area contributed by atoms with Crippen LogP contribution < -0.4 is 0 Å². The largest absolute Gasteiger partial charge is 0.335 e. The zero-order valence-corrected chi connectivity index (χ0v) is 14.0. The second kappa shape index (κ2) is 6.50. The Kier molecular flexibility index (Phi) is 4.43. The van der Waals surface area contributed by atoms with E-state index in [-0.39, 0.29) is 18.4 Å². The molecule has 1 aromatic carbocycles. The lowest BCUT2D eigenvalue weighted by atomic mass is 10.0. The molecule has 2 heterocycles. The molecule has 0 saturated carbocycles. The van der Waals surface area contributed by atoms with E-state index in [2.05, 4.69) is 4.98 Å². The summed E-state index contributed by atoms with van der Waals surface area (Å²) < 4.78 is 0. The first-order valence-electron chi connectivity index (χ1n) is 7.54. The van der Waals surface area contributed by atoms with Gasteiger partial charge in [-0.05, 0) is 12.5 Å². The van der Waals surface area contributed by atoms with E-state index in [0.29, 0.717) is 13.0 Å². The van der Waals surface area contributed by atoms with E-state index >= 15 is 0 Å². The lowest BCUT2D eigenvalue weighted by molar-refractivity contribution is -0.155. The number of aromatic nitrogens is 1. The van der Waals surface area contributed by atoms with Crippen molar-refractivity contribution in [3.63, 3.8) is 0 Å². The number of likely N-dealkylation sites (N-methyl/N-ethyl adjacent to an activating group) is 1. The topological polar surface area (TPSA) is 53.5 Å². The summed E-state index contributed by atoms with van der Waals surface area (Å²) in [5, 5.41) is 2.91. The second-order valence-electron chi connectivity index (χ2n) is 5.78. The van der Waals surface area contributed by atoms with E-state index in [0.717, 1.165) is 16.3 Å². The molecular formula is C17H19N3O2S. The van der Waals surface area contributed by atoms with E-state index in [1.165, 1.54) is 4.90 Å². The molecule has 1 saturated heterocycles. The molecule has 0 radical (unpaired) electrons. The fourth-order valence-corrected chi connectivity index (χ4v) is 3.43. The molecule has 0 N–H and O–H groups in total. The molecule has 120 valence electrons. The maximum Gasteiger partial charge on any atom is 0.245 e. The average molecular weight is 329 g/mol. The van der Waals surface area contributed by atoms with Crippen LogP contribution in [0.3, 0.4) is 0 Å². The summed E-state index contributed by atoms with van der Waals surface area (Å²) in [4.78, 5) is 32.7. The van der Waals surface area contributed by atoms with Gasteiger partial charge in [0.25, 0.3) is 0 Å². The van der Waals surface area contributed by atoms with Crippen LogP contribution in [0.15, 0.2) is 35.7 Å². The molecule has 1 aliphatic rings. The SMILES string of the molecule is Cc1nc(CN2C(=O)CN(C)C(=O)[C@H]2Cc2ccccc2)cs1. The molecule has 0 aliphatic carbocycles. The zero-order valence-electron chi connectivity index (χ0n) is 13.2. The molecule has 1 fully saturated rings. The minimum absolute atomic E-state index is 0.0135. The summed E-state index contributed by atoms with van der Waals surface area (Å²) in [5.74, 6) is -0.0425. The van der Waals surface area contributed by atoms with Gasteiger partial charge in [-0.1, -0.05) is 30.3 Å². The summed E-state index contributed by atoms with van der Waals surface area (Å²) >= 11 is 1.56. The Morgan fingerprint density at radius 2 is 2.00 bits per heavy atom. The van der Waals surface area contributed by atoms with Gasteiger partial charge in [0.2, 0.25) is 11.8 Å². The van der Waals surface area contributed by atoms with Crippen molar-refractivity contribution in [1.82, 2.24) is 14.8 Å². The van der Waals surface area contributed by atoms with E-state index in [1.807, 2.05) is 42.6 Å². The number of hydrogen-bond acceptors (Lipinski definition) is 4. The normalized spacial score (nSPS) is 18.6. The molecule has 5 nitrogen and oxygen atoms in total. The molecule has 3 rings (SSSR count). The molecular weight excluding hydrogens is 310 g/mol. The number of rotatable bonds is 4. The van der Waals surface area contributed by atoms with Gasteiger partial charge in [-0.15, -0.1) is 11.3 Å². The van der Waals surface area contributed by atoms with Crippen molar-refractivity contribution >= 4 is 23.2 Å². The number of hydrogen-bond donors (Lipinski definition) is 0. The molecule has 1 aromatic heterocycles. The van der Waals surface area contributed by atoms with Crippen LogP contribution in [0.5, 0.6) is 0 Å². The highest BCUT2D eigenvalue weighted by molar-refractivity contribution is 7.09. The van der Waals surface area contributed by atoms with Gasteiger partial charge in [0, 0.05) is 18.8 Å². The predicted octanol–water partition coefficient (Wildman–Crippen LogP) is 1.86. The molecule has 2 aromatic rings. The van der Waals surface area contributed by atoms with Crippen molar-refractivity contribution < 1.29 is 9.59 Å². The zero-order chi connectivity index (χ0) is 16.4. The monoisotopic (exact) mass is 329 g/mol. The van der Waals surface area contributed by atoms with E-state index < -0.39 is 6.04 Å². The maximum atomic E-state index is 12.6. The van der Waals surface area contributed by atoms with Gasteiger partial charge in [0.15, 0.2) is 0 Å². The second-order valence-corrected chi connectivity index (χ2v) is 6.84. The molecule has 0 bridgehead atoms.